The third-order valence-electron chi connectivity index (χ3n) is 6.69. The lowest BCUT2D eigenvalue weighted by atomic mass is 9.95. The van der Waals surface area contributed by atoms with Gasteiger partial charge in [0, 0.05) is 0 Å². The summed E-state index contributed by atoms with van der Waals surface area (Å²) in [5.41, 5.74) is 0. The summed E-state index contributed by atoms with van der Waals surface area (Å²) in [6.07, 6.45) is 34.8. The maximum Gasteiger partial charge on any atom is -0.00695 e. The molecular weight excluding hydrogens is 368 g/mol. The van der Waals surface area contributed by atoms with Crippen molar-refractivity contribution in [1.82, 2.24) is 0 Å². The van der Waals surface area contributed by atoms with E-state index in [9.17, 15) is 0 Å². The number of hydrogen-bond acceptors (Lipinski definition) is 1. The summed E-state index contributed by atoms with van der Waals surface area (Å²) in [6, 6.07) is 0. The Hall–Kier alpha value is 0.350. The molecule has 29 heavy (non-hydrogen) atoms. The fourth-order valence-corrected chi connectivity index (χ4v) is 4.89. The smallest absolute Gasteiger partial charge is 0.00695 e. The molecule has 0 aromatic carbocycles. The highest BCUT2D eigenvalue weighted by Gasteiger charge is 2.06. The molecule has 0 aliphatic carbocycles. The molecule has 0 heterocycles. The van der Waals surface area contributed by atoms with Gasteiger partial charge in [0.05, 0.1) is 0 Å². The van der Waals surface area contributed by atoms with E-state index in [1.54, 1.807) is 0 Å². The maximum atomic E-state index is 4.63. The topological polar surface area (TPSA) is 0 Å². The molecule has 0 bridgehead atoms. The number of thiol groups is 1. The highest BCUT2D eigenvalue weighted by Crippen LogP contribution is 2.20. The minimum Gasteiger partial charge on any atom is -0.179 e. The molecular formula is C28H58S. The van der Waals surface area contributed by atoms with Gasteiger partial charge in [-0.15, -0.1) is 0 Å². The predicted octanol–water partition coefficient (Wildman–Crippen LogP) is 10.9. The van der Waals surface area contributed by atoms with E-state index in [0.717, 1.165) is 11.7 Å². The number of hydrogen-bond donors (Lipinski definition) is 1. The molecule has 0 amide bonds. The van der Waals surface area contributed by atoms with Gasteiger partial charge in [0.25, 0.3) is 0 Å². The molecule has 0 aliphatic rings. The average Bonchev–Trinajstić information content (AvgIpc) is 2.74. The van der Waals surface area contributed by atoms with E-state index in [1.165, 1.54) is 154 Å². The summed E-state index contributed by atoms with van der Waals surface area (Å²) >= 11 is 4.63. The lowest BCUT2D eigenvalue weighted by Crippen LogP contribution is -2.02. The minimum atomic E-state index is 0.885. The normalized spacial score (nSPS) is 12.5. The Bertz CT molecular complexity index is 275. The van der Waals surface area contributed by atoms with Gasteiger partial charge in [-0.25, -0.2) is 0 Å². The fraction of sp³-hybridized carbons (Fsp3) is 1.00. The molecule has 0 nitrogen and oxygen atoms in total. The molecule has 176 valence electrons. The van der Waals surface area contributed by atoms with Crippen molar-refractivity contribution in [3.8, 4) is 0 Å². The van der Waals surface area contributed by atoms with Crippen molar-refractivity contribution >= 4 is 12.6 Å². The van der Waals surface area contributed by atoms with Gasteiger partial charge in [0.2, 0.25) is 0 Å². The van der Waals surface area contributed by atoms with E-state index in [-0.39, 0.29) is 0 Å². The Morgan fingerprint density at radius 2 is 0.621 bits per heavy atom. The van der Waals surface area contributed by atoms with Crippen LogP contribution in [0.2, 0.25) is 0 Å². The Labute approximate surface area is 192 Å². The van der Waals surface area contributed by atoms with E-state index in [2.05, 4.69) is 26.5 Å². The van der Waals surface area contributed by atoms with Crippen LogP contribution in [0.4, 0.5) is 0 Å². The lowest BCUT2D eigenvalue weighted by Gasteiger charge is -2.14. The summed E-state index contributed by atoms with van der Waals surface area (Å²) in [5.74, 6) is 1.99. The van der Waals surface area contributed by atoms with Gasteiger partial charge in [0.15, 0.2) is 0 Å². The molecule has 1 heteroatoms. The van der Waals surface area contributed by atoms with E-state index < -0.39 is 0 Å². The second kappa shape index (κ2) is 26.4. The SMILES string of the molecule is CCCCCCCCCCCCCCC(CS)CCCCCCCCCCCC. The van der Waals surface area contributed by atoms with Gasteiger partial charge in [-0.3, -0.25) is 0 Å². The molecule has 0 aliphatic heterocycles. The van der Waals surface area contributed by atoms with Crippen molar-refractivity contribution in [2.75, 3.05) is 5.75 Å². The van der Waals surface area contributed by atoms with Crippen molar-refractivity contribution in [2.24, 2.45) is 5.92 Å². The first-order valence-corrected chi connectivity index (χ1v) is 14.6. The maximum absolute atomic E-state index is 4.63. The quantitative estimate of drug-likeness (QED) is 0.109. The Morgan fingerprint density at radius 1 is 0.379 bits per heavy atom. The standard InChI is InChI=1S/C28H58S/c1-3-5-7-9-11-13-15-16-18-20-22-24-26-28(27-29)25-23-21-19-17-14-12-10-8-6-4-2/h28-29H,3-27H2,1-2H3. The number of rotatable bonds is 25. The van der Waals surface area contributed by atoms with Crippen LogP contribution >= 0.6 is 12.6 Å². The van der Waals surface area contributed by atoms with Crippen LogP contribution in [0.25, 0.3) is 0 Å². The second-order valence-corrected chi connectivity index (χ2v) is 10.1. The second-order valence-electron chi connectivity index (χ2n) is 9.70. The zero-order chi connectivity index (χ0) is 21.3. The van der Waals surface area contributed by atoms with Crippen LogP contribution in [-0.4, -0.2) is 5.75 Å². The molecule has 0 aromatic heterocycles. The van der Waals surface area contributed by atoms with Gasteiger partial charge < -0.3 is 0 Å². The van der Waals surface area contributed by atoms with Crippen molar-refractivity contribution in [3.05, 3.63) is 0 Å². The molecule has 0 spiro atoms. The minimum absolute atomic E-state index is 0.885. The molecule has 0 rings (SSSR count). The molecule has 1 atom stereocenters. The molecule has 0 radical (unpaired) electrons. The van der Waals surface area contributed by atoms with Gasteiger partial charge in [-0.05, 0) is 24.5 Å². The molecule has 0 saturated carbocycles. The van der Waals surface area contributed by atoms with E-state index >= 15 is 0 Å². The fourth-order valence-electron chi connectivity index (χ4n) is 4.52. The van der Waals surface area contributed by atoms with Crippen LogP contribution in [0, 0.1) is 5.92 Å². The molecule has 0 saturated heterocycles. The molecule has 0 aromatic rings. The monoisotopic (exact) mass is 426 g/mol. The lowest BCUT2D eigenvalue weighted by molar-refractivity contribution is 0.436. The van der Waals surface area contributed by atoms with Gasteiger partial charge in [-0.1, -0.05) is 155 Å². The van der Waals surface area contributed by atoms with Gasteiger partial charge >= 0.3 is 0 Å². The largest absolute Gasteiger partial charge is 0.179 e. The van der Waals surface area contributed by atoms with Crippen molar-refractivity contribution in [1.29, 1.82) is 0 Å². The summed E-state index contributed by atoms with van der Waals surface area (Å²) in [5, 5.41) is 0. The van der Waals surface area contributed by atoms with Crippen molar-refractivity contribution in [2.45, 2.75) is 168 Å². The zero-order valence-corrected chi connectivity index (χ0v) is 21.6. The predicted molar refractivity (Wildman–Crippen MR) is 139 cm³/mol. The third kappa shape index (κ3) is 24.5. The summed E-state index contributed by atoms with van der Waals surface area (Å²) in [4.78, 5) is 0. The Kier molecular flexibility index (Phi) is 26.7. The van der Waals surface area contributed by atoms with Gasteiger partial charge in [0.1, 0.15) is 0 Å². The van der Waals surface area contributed by atoms with Crippen LogP contribution in [0.1, 0.15) is 168 Å². The van der Waals surface area contributed by atoms with Crippen LogP contribution < -0.4 is 0 Å². The number of unbranched alkanes of at least 4 members (excludes halogenated alkanes) is 20. The molecule has 0 fully saturated rings. The first-order valence-electron chi connectivity index (χ1n) is 14.0. The van der Waals surface area contributed by atoms with E-state index in [1.807, 2.05) is 0 Å². The van der Waals surface area contributed by atoms with Crippen molar-refractivity contribution in [3.63, 3.8) is 0 Å². The van der Waals surface area contributed by atoms with Crippen LogP contribution in [0.3, 0.4) is 0 Å². The molecule has 0 N–H and O–H groups in total. The Morgan fingerprint density at radius 3 is 0.862 bits per heavy atom. The van der Waals surface area contributed by atoms with E-state index in [4.69, 9.17) is 0 Å². The highest BCUT2D eigenvalue weighted by molar-refractivity contribution is 7.80. The average molecular weight is 427 g/mol. The summed E-state index contributed by atoms with van der Waals surface area (Å²) in [6.45, 7) is 4.60. The first kappa shape index (κ1) is 29.4. The van der Waals surface area contributed by atoms with Crippen LogP contribution in [0.15, 0.2) is 0 Å². The van der Waals surface area contributed by atoms with Gasteiger partial charge in [-0.2, -0.15) is 12.6 Å². The first-order chi connectivity index (χ1) is 14.3. The summed E-state index contributed by atoms with van der Waals surface area (Å²) < 4.78 is 0. The van der Waals surface area contributed by atoms with Crippen molar-refractivity contribution < 1.29 is 0 Å². The van der Waals surface area contributed by atoms with E-state index in [0.29, 0.717) is 0 Å². The summed E-state index contributed by atoms with van der Waals surface area (Å²) in [7, 11) is 0. The molecule has 1 unspecified atom stereocenters. The van der Waals surface area contributed by atoms with Crippen LogP contribution in [0.5, 0.6) is 0 Å². The highest BCUT2D eigenvalue weighted by atomic mass is 32.1. The van der Waals surface area contributed by atoms with Crippen LogP contribution in [-0.2, 0) is 0 Å². The third-order valence-corrected chi connectivity index (χ3v) is 7.21. The Balaban J connectivity index is 3.27. The zero-order valence-electron chi connectivity index (χ0n) is 20.7.